The number of H-pyrrole nitrogens is 1. The van der Waals surface area contributed by atoms with Crippen LogP contribution in [0, 0.1) is 18.8 Å². The lowest BCUT2D eigenvalue weighted by Gasteiger charge is -2.28. The minimum Gasteiger partial charge on any atom is -0.395 e. The van der Waals surface area contributed by atoms with Gasteiger partial charge < -0.3 is 26.8 Å². The van der Waals surface area contributed by atoms with Crippen molar-refractivity contribution >= 4 is 46.7 Å². The number of nitrogens with two attached hydrogens (primary N) is 1. The largest absolute Gasteiger partial charge is 0.395 e. The Hall–Kier alpha value is -4.25. The molecule has 3 amide bonds. The summed E-state index contributed by atoms with van der Waals surface area (Å²) in [7, 11) is 0. The average Bonchev–Trinajstić information content (AvgIpc) is 3.51. The molecule has 1 aliphatic rings. The number of benzene rings is 3. The molecule has 1 saturated carbocycles. The zero-order chi connectivity index (χ0) is 31.1. The lowest BCUT2D eigenvalue weighted by Crippen LogP contribution is -2.48. The first-order valence-corrected chi connectivity index (χ1v) is 15.2. The fourth-order valence-corrected chi connectivity index (χ4v) is 5.86. The highest BCUT2D eigenvalue weighted by Gasteiger charge is 2.29. The van der Waals surface area contributed by atoms with E-state index in [4.69, 9.17) is 10.8 Å². The third-order valence-corrected chi connectivity index (χ3v) is 8.48. The summed E-state index contributed by atoms with van der Waals surface area (Å²) in [5.74, 6) is -0.291. The number of fused-ring (bicyclic) bond motifs is 1. The van der Waals surface area contributed by atoms with E-state index in [2.05, 4.69) is 26.1 Å². The van der Waals surface area contributed by atoms with Crippen molar-refractivity contribution in [3.63, 3.8) is 0 Å². The van der Waals surface area contributed by atoms with E-state index in [1.54, 1.807) is 12.3 Å². The van der Waals surface area contributed by atoms with Gasteiger partial charge in [0.05, 0.1) is 18.3 Å². The van der Waals surface area contributed by atoms with Gasteiger partial charge in [0.2, 0.25) is 11.8 Å². The summed E-state index contributed by atoms with van der Waals surface area (Å²) in [5.41, 5.74) is 11.6. The van der Waals surface area contributed by atoms with Crippen LogP contribution < -0.4 is 21.7 Å². The first-order valence-electron chi connectivity index (χ1n) is 15.2. The third-order valence-electron chi connectivity index (χ3n) is 8.48. The molecule has 4 aromatic rings. The Bertz CT molecular complexity index is 1610. The number of carbonyl (C=O) groups is 3. The molecule has 1 atom stereocenters. The van der Waals surface area contributed by atoms with Gasteiger partial charge in [0, 0.05) is 35.5 Å². The number of hydrogen-bond donors (Lipinski definition) is 6. The van der Waals surface area contributed by atoms with E-state index in [-0.39, 0.29) is 49.2 Å². The highest BCUT2D eigenvalue weighted by molar-refractivity contribution is 5.99. The second-order valence-electron chi connectivity index (χ2n) is 11.6. The number of aryl methyl sites for hydroxylation is 1. The maximum atomic E-state index is 13.6. The van der Waals surface area contributed by atoms with Crippen LogP contribution in [-0.2, 0) is 16.0 Å². The fraction of sp³-hybridized carbons (Fsp3) is 0.353. The van der Waals surface area contributed by atoms with E-state index in [0.29, 0.717) is 30.1 Å². The van der Waals surface area contributed by atoms with Crippen LogP contribution in [0.25, 0.3) is 22.0 Å². The molecular formula is C34H41ClN6O4. The van der Waals surface area contributed by atoms with Gasteiger partial charge in [-0.05, 0) is 97.7 Å². The Morgan fingerprint density at radius 2 is 1.78 bits per heavy atom. The average molecular weight is 633 g/mol. The highest BCUT2D eigenvalue weighted by atomic mass is 35.5. The standard InChI is InChI=1S/C34H40N6O4.ClH/c1-21-16-26(32(42)36-14-15-41)11-13-29(21)24-6-2-22(3-7-24)17-31(39-33(43)25-8-4-23(19-35)5-9-25)34(44)38-28-12-10-27-20-37-40-30(27)18-28;/h2-3,6-7,10-13,16,18,20,23,25,31,41H,4-5,8-9,14-15,17,19,35H2,1H3,(H,36,42)(H,37,40)(H,38,44)(H,39,43);1H/t23-,25-,31-;/m0./s1. The number of aliphatic hydroxyl groups is 1. The fourth-order valence-electron chi connectivity index (χ4n) is 5.86. The van der Waals surface area contributed by atoms with Gasteiger partial charge in [0.25, 0.3) is 5.91 Å². The SMILES string of the molecule is Cc1cc(C(=O)NCCO)ccc1-c1ccc(C[C@H](NC(=O)[C@H]2CC[C@H](CN)CC2)C(=O)Nc2ccc3cn[nH]c3c2)cc1.Cl. The minimum absolute atomic E-state index is 0. The van der Waals surface area contributed by atoms with Gasteiger partial charge >= 0.3 is 0 Å². The van der Waals surface area contributed by atoms with E-state index in [1.807, 2.05) is 61.5 Å². The smallest absolute Gasteiger partial charge is 0.251 e. The van der Waals surface area contributed by atoms with Gasteiger partial charge in [-0.2, -0.15) is 5.10 Å². The number of halogens is 1. The first kappa shape index (κ1) is 33.6. The molecule has 0 spiro atoms. The molecule has 5 rings (SSSR count). The van der Waals surface area contributed by atoms with E-state index in [1.165, 1.54) is 0 Å². The van der Waals surface area contributed by atoms with Crippen molar-refractivity contribution in [3.8, 4) is 11.1 Å². The highest BCUT2D eigenvalue weighted by Crippen LogP contribution is 2.29. The van der Waals surface area contributed by atoms with Crippen LogP contribution in [0.4, 0.5) is 5.69 Å². The second-order valence-corrected chi connectivity index (χ2v) is 11.6. The summed E-state index contributed by atoms with van der Waals surface area (Å²) in [6.07, 6.45) is 5.43. The van der Waals surface area contributed by atoms with Crippen molar-refractivity contribution in [2.75, 3.05) is 25.0 Å². The van der Waals surface area contributed by atoms with Crippen LogP contribution in [0.5, 0.6) is 0 Å². The molecule has 1 aliphatic carbocycles. The number of anilines is 1. The monoisotopic (exact) mass is 632 g/mol. The van der Waals surface area contributed by atoms with Crippen LogP contribution in [0.1, 0.15) is 47.2 Å². The number of hydrogen-bond acceptors (Lipinski definition) is 6. The zero-order valence-corrected chi connectivity index (χ0v) is 26.2. The number of aromatic nitrogens is 2. The summed E-state index contributed by atoms with van der Waals surface area (Å²) >= 11 is 0. The number of carbonyl (C=O) groups excluding carboxylic acids is 3. The van der Waals surface area contributed by atoms with E-state index < -0.39 is 6.04 Å². The Morgan fingerprint density at radius 1 is 1.02 bits per heavy atom. The molecule has 0 saturated heterocycles. The Morgan fingerprint density at radius 3 is 2.47 bits per heavy atom. The molecule has 0 radical (unpaired) electrons. The topological polar surface area (TPSA) is 162 Å². The molecule has 10 nitrogen and oxygen atoms in total. The van der Waals surface area contributed by atoms with E-state index in [9.17, 15) is 14.4 Å². The summed E-state index contributed by atoms with van der Waals surface area (Å²) in [5, 5.41) is 25.6. The molecule has 0 unspecified atom stereocenters. The maximum absolute atomic E-state index is 13.6. The van der Waals surface area contributed by atoms with Gasteiger partial charge in [-0.15, -0.1) is 12.4 Å². The zero-order valence-electron chi connectivity index (χ0n) is 25.3. The predicted molar refractivity (Wildman–Crippen MR) is 178 cm³/mol. The van der Waals surface area contributed by atoms with Crippen molar-refractivity contribution in [2.45, 2.75) is 45.1 Å². The normalized spacial score (nSPS) is 16.8. The molecule has 1 heterocycles. The van der Waals surface area contributed by atoms with Crippen LogP contribution in [0.3, 0.4) is 0 Å². The Balaban J connectivity index is 0.00000461. The van der Waals surface area contributed by atoms with Gasteiger partial charge in [0.15, 0.2) is 0 Å². The van der Waals surface area contributed by atoms with Crippen molar-refractivity contribution in [1.82, 2.24) is 20.8 Å². The molecule has 7 N–H and O–H groups in total. The van der Waals surface area contributed by atoms with E-state index >= 15 is 0 Å². The summed E-state index contributed by atoms with van der Waals surface area (Å²) in [4.78, 5) is 39.2. The van der Waals surface area contributed by atoms with Crippen molar-refractivity contribution < 1.29 is 19.5 Å². The molecular weight excluding hydrogens is 592 g/mol. The number of nitrogens with one attached hydrogen (secondary N) is 4. The van der Waals surface area contributed by atoms with Gasteiger partial charge in [-0.1, -0.05) is 30.3 Å². The van der Waals surface area contributed by atoms with Crippen molar-refractivity contribution in [3.05, 3.63) is 83.6 Å². The number of rotatable bonds is 11. The summed E-state index contributed by atoms with van der Waals surface area (Å²) in [6, 6.07) is 18.2. The lowest BCUT2D eigenvalue weighted by molar-refractivity contribution is -0.130. The summed E-state index contributed by atoms with van der Waals surface area (Å²) < 4.78 is 0. The number of aliphatic hydroxyl groups excluding tert-OH is 1. The molecule has 1 aromatic heterocycles. The van der Waals surface area contributed by atoms with Gasteiger partial charge in [0.1, 0.15) is 6.04 Å². The van der Waals surface area contributed by atoms with Gasteiger partial charge in [-0.3, -0.25) is 19.5 Å². The van der Waals surface area contributed by atoms with Crippen molar-refractivity contribution in [2.24, 2.45) is 17.6 Å². The van der Waals surface area contributed by atoms with Crippen LogP contribution in [-0.4, -0.2) is 58.8 Å². The Labute approximate surface area is 269 Å². The third kappa shape index (κ3) is 8.48. The van der Waals surface area contributed by atoms with Crippen LogP contribution in [0.2, 0.25) is 0 Å². The molecule has 238 valence electrons. The predicted octanol–water partition coefficient (Wildman–Crippen LogP) is 4.11. The molecule has 1 fully saturated rings. The minimum atomic E-state index is -0.767. The van der Waals surface area contributed by atoms with Crippen molar-refractivity contribution in [1.29, 1.82) is 0 Å². The molecule has 0 bridgehead atoms. The lowest BCUT2D eigenvalue weighted by atomic mass is 9.81. The molecule has 3 aromatic carbocycles. The second kappa shape index (κ2) is 15.7. The first-order chi connectivity index (χ1) is 21.3. The maximum Gasteiger partial charge on any atom is 0.251 e. The van der Waals surface area contributed by atoms with E-state index in [0.717, 1.165) is 58.8 Å². The van der Waals surface area contributed by atoms with Crippen LogP contribution in [0.15, 0.2) is 66.9 Å². The number of amides is 3. The Kier molecular flexibility index (Phi) is 11.7. The number of nitrogens with zero attached hydrogens (tertiary/aromatic N) is 1. The quantitative estimate of drug-likeness (QED) is 0.146. The number of aromatic amines is 1. The molecule has 45 heavy (non-hydrogen) atoms. The van der Waals surface area contributed by atoms with Gasteiger partial charge in [-0.25, -0.2) is 0 Å². The molecule has 0 aliphatic heterocycles. The summed E-state index contributed by atoms with van der Waals surface area (Å²) in [6.45, 7) is 2.68. The van der Waals surface area contributed by atoms with Crippen LogP contribution >= 0.6 is 12.4 Å². The molecule has 11 heteroatoms.